The van der Waals surface area contributed by atoms with Crippen molar-refractivity contribution in [2.75, 3.05) is 5.73 Å². The van der Waals surface area contributed by atoms with Gasteiger partial charge in [0.15, 0.2) is 5.82 Å². The van der Waals surface area contributed by atoms with Gasteiger partial charge >= 0.3 is 0 Å². The molecule has 4 heteroatoms. The number of aromatic amines is 1. The lowest BCUT2D eigenvalue weighted by Crippen LogP contribution is -1.97. The van der Waals surface area contributed by atoms with E-state index in [-0.39, 0.29) is 0 Å². The maximum atomic E-state index is 5.78. The number of hydrogen-bond donors (Lipinski definition) is 2. The van der Waals surface area contributed by atoms with E-state index in [9.17, 15) is 0 Å². The largest absolute Gasteiger partial charge is 0.399 e. The van der Waals surface area contributed by atoms with Gasteiger partial charge < -0.3 is 5.73 Å². The molecule has 0 unspecified atom stereocenters. The number of H-pyrrole nitrogens is 1. The first kappa shape index (κ1) is 12.2. The van der Waals surface area contributed by atoms with Gasteiger partial charge in [-0.25, -0.2) is 4.98 Å². The highest BCUT2D eigenvalue weighted by molar-refractivity contribution is 5.40. The van der Waals surface area contributed by atoms with E-state index in [0.717, 1.165) is 30.2 Å². The topological polar surface area (TPSA) is 67.6 Å². The molecule has 1 aromatic carbocycles. The van der Waals surface area contributed by atoms with Crippen LogP contribution in [0.1, 0.15) is 48.8 Å². The summed E-state index contributed by atoms with van der Waals surface area (Å²) in [6.45, 7) is 0. The molecule has 4 nitrogen and oxygen atoms in total. The van der Waals surface area contributed by atoms with Crippen LogP contribution in [0, 0.1) is 0 Å². The molecule has 1 aromatic heterocycles. The maximum absolute atomic E-state index is 5.78. The quantitative estimate of drug-likeness (QED) is 0.826. The van der Waals surface area contributed by atoms with Crippen molar-refractivity contribution in [2.45, 2.75) is 44.4 Å². The van der Waals surface area contributed by atoms with Crippen LogP contribution in [-0.2, 0) is 12.8 Å². The van der Waals surface area contributed by atoms with E-state index in [2.05, 4.69) is 21.2 Å². The summed E-state index contributed by atoms with van der Waals surface area (Å²) in [6, 6.07) is 8.03. The van der Waals surface area contributed by atoms with Gasteiger partial charge in [-0.2, -0.15) is 5.10 Å². The monoisotopic (exact) mass is 256 g/mol. The van der Waals surface area contributed by atoms with E-state index < -0.39 is 0 Å². The number of aryl methyl sites for hydroxylation is 2. The van der Waals surface area contributed by atoms with Gasteiger partial charge in [-0.3, -0.25) is 5.10 Å². The molecule has 0 bridgehead atoms. The third-order valence-electron chi connectivity index (χ3n) is 3.87. The Kier molecular flexibility index (Phi) is 3.49. The van der Waals surface area contributed by atoms with Gasteiger partial charge in [0.1, 0.15) is 5.82 Å². The summed E-state index contributed by atoms with van der Waals surface area (Å²) in [5, 5.41) is 7.44. The Morgan fingerprint density at radius 2 is 2.05 bits per heavy atom. The smallest absolute Gasteiger partial charge is 0.153 e. The van der Waals surface area contributed by atoms with Gasteiger partial charge in [0, 0.05) is 18.0 Å². The molecule has 2 aromatic rings. The second-order valence-corrected chi connectivity index (χ2v) is 5.37. The third kappa shape index (κ3) is 2.95. The zero-order valence-corrected chi connectivity index (χ0v) is 11.1. The predicted molar refractivity (Wildman–Crippen MR) is 75.9 cm³/mol. The van der Waals surface area contributed by atoms with Gasteiger partial charge in [-0.1, -0.05) is 25.0 Å². The van der Waals surface area contributed by atoms with E-state index in [1.54, 1.807) is 0 Å². The molecule has 1 aliphatic rings. The summed E-state index contributed by atoms with van der Waals surface area (Å²) in [5.41, 5.74) is 7.85. The molecule has 1 aliphatic carbocycles. The molecule has 0 amide bonds. The predicted octanol–water partition coefficient (Wildman–Crippen LogP) is 2.83. The van der Waals surface area contributed by atoms with E-state index in [1.807, 2.05) is 18.2 Å². The number of nitrogens with zero attached hydrogens (tertiary/aromatic N) is 2. The Balaban J connectivity index is 1.61. The molecule has 1 fully saturated rings. The molecule has 0 saturated heterocycles. The second kappa shape index (κ2) is 5.43. The van der Waals surface area contributed by atoms with Gasteiger partial charge in [-0.15, -0.1) is 0 Å². The summed E-state index contributed by atoms with van der Waals surface area (Å²) in [6.07, 6.45) is 6.96. The average molecular weight is 256 g/mol. The van der Waals surface area contributed by atoms with Crippen molar-refractivity contribution in [2.24, 2.45) is 0 Å². The first-order chi connectivity index (χ1) is 9.31. The van der Waals surface area contributed by atoms with Crippen LogP contribution in [0.4, 0.5) is 5.69 Å². The standard InChI is InChI=1S/C15H20N4/c16-13-7-3-4-11(10-13)8-9-14-17-15(19-18-14)12-5-1-2-6-12/h3-4,7,10,12H,1-2,5-6,8-9,16H2,(H,17,18,19). The lowest BCUT2D eigenvalue weighted by molar-refractivity contribution is 0.671. The normalized spacial score (nSPS) is 16.0. The summed E-state index contributed by atoms with van der Waals surface area (Å²) in [4.78, 5) is 4.63. The summed E-state index contributed by atoms with van der Waals surface area (Å²) in [7, 11) is 0. The number of nitrogens with two attached hydrogens (primary N) is 1. The Hall–Kier alpha value is -1.84. The molecule has 0 radical (unpaired) electrons. The van der Waals surface area contributed by atoms with E-state index in [4.69, 9.17) is 5.73 Å². The minimum Gasteiger partial charge on any atom is -0.399 e. The maximum Gasteiger partial charge on any atom is 0.153 e. The van der Waals surface area contributed by atoms with Crippen molar-refractivity contribution in [3.05, 3.63) is 41.5 Å². The number of aromatic nitrogens is 3. The highest BCUT2D eigenvalue weighted by Gasteiger charge is 2.20. The van der Waals surface area contributed by atoms with Gasteiger partial charge in [0.25, 0.3) is 0 Å². The molecule has 1 saturated carbocycles. The highest BCUT2D eigenvalue weighted by Crippen LogP contribution is 2.31. The van der Waals surface area contributed by atoms with Gasteiger partial charge in [0.05, 0.1) is 0 Å². The Bertz CT molecular complexity index is 541. The fourth-order valence-electron chi connectivity index (χ4n) is 2.80. The van der Waals surface area contributed by atoms with Crippen LogP contribution in [0.15, 0.2) is 24.3 Å². The van der Waals surface area contributed by atoms with E-state index >= 15 is 0 Å². The van der Waals surface area contributed by atoms with Crippen LogP contribution in [0.2, 0.25) is 0 Å². The number of rotatable bonds is 4. The van der Waals surface area contributed by atoms with Crippen molar-refractivity contribution >= 4 is 5.69 Å². The van der Waals surface area contributed by atoms with Crippen molar-refractivity contribution in [3.8, 4) is 0 Å². The van der Waals surface area contributed by atoms with Crippen LogP contribution in [0.5, 0.6) is 0 Å². The van der Waals surface area contributed by atoms with Crippen molar-refractivity contribution in [1.82, 2.24) is 15.2 Å². The van der Waals surface area contributed by atoms with Gasteiger partial charge in [-0.05, 0) is 37.0 Å². The Labute approximate surface area is 113 Å². The molecule has 100 valence electrons. The fraction of sp³-hybridized carbons (Fsp3) is 0.467. The van der Waals surface area contributed by atoms with Crippen LogP contribution in [0.3, 0.4) is 0 Å². The number of anilines is 1. The summed E-state index contributed by atoms with van der Waals surface area (Å²) in [5.74, 6) is 2.58. The zero-order valence-electron chi connectivity index (χ0n) is 11.1. The van der Waals surface area contributed by atoms with Crippen LogP contribution in [-0.4, -0.2) is 15.2 Å². The lowest BCUT2D eigenvalue weighted by Gasteiger charge is -2.01. The number of nitrogens with one attached hydrogen (secondary N) is 1. The molecule has 0 atom stereocenters. The highest BCUT2D eigenvalue weighted by atomic mass is 15.2. The average Bonchev–Trinajstić information content (AvgIpc) is 3.07. The van der Waals surface area contributed by atoms with Crippen molar-refractivity contribution < 1.29 is 0 Å². The first-order valence-corrected chi connectivity index (χ1v) is 7.07. The Morgan fingerprint density at radius 1 is 1.21 bits per heavy atom. The van der Waals surface area contributed by atoms with Crippen molar-refractivity contribution in [3.63, 3.8) is 0 Å². The molecular formula is C15H20N4. The van der Waals surface area contributed by atoms with Crippen LogP contribution in [0.25, 0.3) is 0 Å². The molecule has 0 spiro atoms. The number of benzene rings is 1. The third-order valence-corrected chi connectivity index (χ3v) is 3.87. The number of nitrogen functional groups attached to an aromatic ring is 1. The SMILES string of the molecule is Nc1cccc(CCc2nc(C3CCCC3)n[nH]2)c1. The van der Waals surface area contributed by atoms with Crippen LogP contribution < -0.4 is 5.73 Å². The summed E-state index contributed by atoms with van der Waals surface area (Å²) >= 11 is 0. The van der Waals surface area contributed by atoms with E-state index in [1.165, 1.54) is 31.2 Å². The second-order valence-electron chi connectivity index (χ2n) is 5.37. The van der Waals surface area contributed by atoms with E-state index in [0.29, 0.717) is 5.92 Å². The lowest BCUT2D eigenvalue weighted by atomic mass is 10.1. The Morgan fingerprint density at radius 3 is 2.84 bits per heavy atom. The van der Waals surface area contributed by atoms with Crippen LogP contribution >= 0.6 is 0 Å². The molecule has 0 aliphatic heterocycles. The number of hydrogen-bond acceptors (Lipinski definition) is 3. The molecule has 3 N–H and O–H groups in total. The molecule has 3 rings (SSSR count). The minimum absolute atomic E-state index is 0.581. The zero-order chi connectivity index (χ0) is 13.1. The first-order valence-electron chi connectivity index (χ1n) is 7.07. The van der Waals surface area contributed by atoms with Gasteiger partial charge in [0.2, 0.25) is 0 Å². The molecule has 19 heavy (non-hydrogen) atoms. The fourth-order valence-corrected chi connectivity index (χ4v) is 2.80. The molecular weight excluding hydrogens is 236 g/mol. The molecule has 1 heterocycles. The minimum atomic E-state index is 0.581. The van der Waals surface area contributed by atoms with Crippen molar-refractivity contribution in [1.29, 1.82) is 0 Å². The summed E-state index contributed by atoms with van der Waals surface area (Å²) < 4.78 is 0.